The van der Waals surface area contributed by atoms with Crippen molar-refractivity contribution in [3.63, 3.8) is 0 Å². The summed E-state index contributed by atoms with van der Waals surface area (Å²) >= 11 is 4.66. The number of hydrogen-bond acceptors (Lipinski definition) is 3. The van der Waals surface area contributed by atoms with E-state index in [2.05, 4.69) is 12.6 Å². The Bertz CT molecular complexity index is 377. The van der Waals surface area contributed by atoms with Gasteiger partial charge in [0, 0.05) is 5.56 Å². The molecule has 0 saturated carbocycles. The van der Waals surface area contributed by atoms with Crippen molar-refractivity contribution in [2.75, 3.05) is 7.11 Å². The smallest absolute Gasteiger partial charge is 0.773 e. The first kappa shape index (κ1) is 14.2. The van der Waals surface area contributed by atoms with Crippen LogP contribution in [-0.4, -0.2) is 18.2 Å². The molecule has 0 aliphatic heterocycles. The molecule has 0 fully saturated rings. The first-order chi connectivity index (χ1) is 6.65. The molecule has 0 heterocycles. The molecule has 1 aromatic carbocycles. The molecule has 0 saturated heterocycles. The molecular formula is C10H9AgO3S. The van der Waals surface area contributed by atoms with Crippen LogP contribution in [0.25, 0.3) is 6.08 Å². The molecule has 1 N–H and O–H groups in total. The Morgan fingerprint density at radius 1 is 1.47 bits per heavy atom. The van der Waals surface area contributed by atoms with E-state index in [1.165, 1.54) is 13.2 Å². The van der Waals surface area contributed by atoms with E-state index in [-0.39, 0.29) is 27.3 Å². The van der Waals surface area contributed by atoms with Crippen LogP contribution in [0.3, 0.4) is 0 Å². The van der Waals surface area contributed by atoms with Crippen molar-refractivity contribution in [3.8, 4) is 5.75 Å². The molecule has 3 nitrogen and oxygen atoms in total. The second-order valence-corrected chi connectivity index (χ2v) is 3.00. The monoisotopic (exact) mass is 316 g/mol. The Morgan fingerprint density at radius 2 is 2.07 bits per heavy atom. The van der Waals surface area contributed by atoms with E-state index < -0.39 is 5.97 Å². The fraction of sp³-hybridized carbons (Fsp3) is 0.100. The number of carboxylic acid groups (broad SMARTS) is 1. The summed E-state index contributed by atoms with van der Waals surface area (Å²) in [6.45, 7) is 0. The summed E-state index contributed by atoms with van der Waals surface area (Å²) in [6.07, 6.45) is 1.40. The van der Waals surface area contributed by atoms with Gasteiger partial charge in [0.25, 0.3) is 0 Å². The third-order valence-corrected chi connectivity index (χ3v) is 1.93. The maximum absolute atomic E-state index is 10.5. The molecule has 84 valence electrons. The van der Waals surface area contributed by atoms with Crippen LogP contribution >= 0.6 is 0 Å². The molecule has 1 rings (SSSR count). The van der Waals surface area contributed by atoms with Crippen LogP contribution in [0.15, 0.2) is 29.2 Å². The molecule has 0 spiro atoms. The van der Waals surface area contributed by atoms with E-state index in [1.54, 1.807) is 24.3 Å². The largest absolute Gasteiger partial charge is 1.00 e. The van der Waals surface area contributed by atoms with Crippen LogP contribution in [0.1, 0.15) is 5.56 Å². The topological polar surface area (TPSA) is 46.5 Å². The van der Waals surface area contributed by atoms with Crippen LogP contribution in [-0.2, 0) is 39.8 Å². The van der Waals surface area contributed by atoms with Gasteiger partial charge in [-0.05, 0) is 6.07 Å². The average Bonchev–Trinajstić information content (AvgIpc) is 2.18. The van der Waals surface area contributed by atoms with Gasteiger partial charge in [-0.25, -0.2) is 4.79 Å². The van der Waals surface area contributed by atoms with Gasteiger partial charge < -0.3 is 22.5 Å². The van der Waals surface area contributed by atoms with Gasteiger partial charge in [-0.15, -0.1) is 0 Å². The Balaban J connectivity index is 0.00000196. The average molecular weight is 317 g/mol. The van der Waals surface area contributed by atoms with Crippen LogP contribution in [0.4, 0.5) is 0 Å². The number of carbonyl (C=O) groups is 1. The Labute approximate surface area is 109 Å². The van der Waals surface area contributed by atoms with Gasteiger partial charge in [-0.2, -0.15) is 0 Å². The minimum Gasteiger partial charge on any atom is -0.773 e. The number of benzene rings is 1. The number of aliphatic carboxylic acids is 1. The molecule has 0 bridgehead atoms. The summed E-state index contributed by atoms with van der Waals surface area (Å²) in [5.41, 5.74) is 0.669. The van der Waals surface area contributed by atoms with Crippen LogP contribution < -0.4 is 4.74 Å². The minimum absolute atomic E-state index is 0. The first-order valence-corrected chi connectivity index (χ1v) is 4.31. The van der Waals surface area contributed by atoms with Gasteiger partial charge in [0.1, 0.15) is 5.75 Å². The van der Waals surface area contributed by atoms with Crippen molar-refractivity contribution in [1.29, 1.82) is 0 Å². The van der Waals surface area contributed by atoms with Crippen LogP contribution in [0.2, 0.25) is 0 Å². The number of ether oxygens (including phenoxy) is 1. The number of carboxylic acids is 1. The molecule has 0 unspecified atom stereocenters. The second-order valence-electron chi connectivity index (χ2n) is 2.56. The number of rotatable bonds is 3. The predicted octanol–water partition coefficient (Wildman–Crippen LogP) is 1.67. The number of para-hydroxylation sites is 1. The molecule has 0 amide bonds. The summed E-state index contributed by atoms with van der Waals surface area (Å²) < 4.78 is 5.04. The Morgan fingerprint density at radius 3 is 2.60 bits per heavy atom. The van der Waals surface area contributed by atoms with Gasteiger partial charge in [0.15, 0.2) is 0 Å². The summed E-state index contributed by atoms with van der Waals surface area (Å²) in [7, 11) is 1.52. The third-order valence-electron chi connectivity index (χ3n) is 1.64. The molecular weight excluding hydrogens is 308 g/mol. The van der Waals surface area contributed by atoms with Gasteiger partial charge in [0.2, 0.25) is 0 Å². The summed E-state index contributed by atoms with van der Waals surface area (Å²) in [4.78, 5) is 10.4. The molecule has 0 radical (unpaired) electrons. The maximum Gasteiger partial charge on any atom is 1.00 e. The van der Waals surface area contributed by atoms with Crippen LogP contribution in [0, 0.1) is 0 Å². The van der Waals surface area contributed by atoms with Crippen molar-refractivity contribution < 1.29 is 37.0 Å². The molecule has 0 atom stereocenters. The quantitative estimate of drug-likeness (QED) is 0.523. The van der Waals surface area contributed by atoms with E-state index in [1.807, 2.05) is 0 Å². The second kappa shape index (κ2) is 6.63. The van der Waals surface area contributed by atoms with Gasteiger partial charge in [-0.1, -0.05) is 29.2 Å². The number of hydrogen-bond donors (Lipinski definition) is 1. The molecule has 0 aliphatic rings. The maximum atomic E-state index is 10.5. The van der Waals surface area contributed by atoms with Gasteiger partial charge in [-0.3, -0.25) is 0 Å². The minimum atomic E-state index is -1.11. The standard InChI is InChI=1S/C10H10O3S.Ag/c1-13-8-5-3-2-4-7(8)6-9(14)10(11)12;/h2-6,14H,1H3,(H,11,12);/q;+1/p-1/b9-6-;. The fourth-order valence-corrected chi connectivity index (χ4v) is 1.12. The summed E-state index contributed by atoms with van der Waals surface area (Å²) in [5, 5.41) is 8.59. The van der Waals surface area contributed by atoms with Gasteiger partial charge in [0.05, 0.1) is 7.11 Å². The van der Waals surface area contributed by atoms with Crippen molar-refractivity contribution in [2.24, 2.45) is 0 Å². The Hall–Kier alpha value is -0.810. The molecule has 0 aromatic heterocycles. The third kappa shape index (κ3) is 4.05. The van der Waals surface area contributed by atoms with Crippen LogP contribution in [0.5, 0.6) is 5.75 Å². The predicted molar refractivity (Wildman–Crippen MR) is 56.0 cm³/mol. The van der Waals surface area contributed by atoms with Crippen molar-refractivity contribution >= 4 is 24.7 Å². The van der Waals surface area contributed by atoms with E-state index >= 15 is 0 Å². The van der Waals surface area contributed by atoms with Gasteiger partial charge >= 0.3 is 28.3 Å². The summed E-state index contributed by atoms with van der Waals surface area (Å²) in [6, 6.07) is 7.09. The fourth-order valence-electron chi connectivity index (χ4n) is 0.989. The Kier molecular flexibility index (Phi) is 6.27. The summed E-state index contributed by atoms with van der Waals surface area (Å²) in [5.74, 6) is -0.498. The van der Waals surface area contributed by atoms with Crippen molar-refractivity contribution in [1.82, 2.24) is 0 Å². The molecule has 1 aromatic rings. The first-order valence-electron chi connectivity index (χ1n) is 3.90. The van der Waals surface area contributed by atoms with E-state index in [0.29, 0.717) is 11.3 Å². The zero-order valence-corrected chi connectivity index (χ0v) is 10.2. The van der Waals surface area contributed by atoms with Crippen molar-refractivity contribution in [3.05, 3.63) is 34.7 Å². The van der Waals surface area contributed by atoms with E-state index in [4.69, 9.17) is 9.84 Å². The zero-order chi connectivity index (χ0) is 10.6. The zero-order valence-electron chi connectivity index (χ0n) is 7.86. The SMILES string of the molecule is COc1ccccc1/C=C(\[S-])C(=O)O.[Ag+]. The van der Waals surface area contributed by atoms with Crippen molar-refractivity contribution in [2.45, 2.75) is 0 Å². The van der Waals surface area contributed by atoms with E-state index in [9.17, 15) is 4.79 Å². The van der Waals surface area contributed by atoms with E-state index in [0.717, 1.165) is 0 Å². The normalized spacial score (nSPS) is 10.3. The molecule has 5 heteroatoms. The molecule has 15 heavy (non-hydrogen) atoms. The number of methoxy groups -OCH3 is 1. The molecule has 0 aliphatic carbocycles.